The van der Waals surface area contributed by atoms with Crippen molar-refractivity contribution in [1.82, 2.24) is 2.71 Å². The minimum absolute atomic E-state index is 0.209. The van der Waals surface area contributed by atoms with E-state index in [1.807, 2.05) is 0 Å². The van der Waals surface area contributed by atoms with Crippen LogP contribution >= 0.6 is 0 Å². The van der Waals surface area contributed by atoms with E-state index >= 15 is 0 Å². The van der Waals surface area contributed by atoms with E-state index in [1.165, 1.54) is 23.3 Å². The second-order valence-corrected chi connectivity index (χ2v) is 13.6. The van der Waals surface area contributed by atoms with Crippen LogP contribution in [-0.4, -0.2) is 60.6 Å². The SMILES string of the molecule is C[Si](C[C@@H](O)[C@@H]1CCC[N]1[Tl])(c1ccccc1)c1ccccc1. The van der Waals surface area contributed by atoms with E-state index in [9.17, 15) is 5.11 Å². The van der Waals surface area contributed by atoms with Gasteiger partial charge in [0, 0.05) is 0 Å². The van der Waals surface area contributed by atoms with Gasteiger partial charge in [-0.1, -0.05) is 0 Å². The summed E-state index contributed by atoms with van der Waals surface area (Å²) in [4.78, 5) is 0. The molecule has 0 bridgehead atoms. The zero-order valence-electron chi connectivity index (χ0n) is 13.7. The molecular formula is C19H24NOSiTl. The molecule has 2 nitrogen and oxygen atoms in total. The van der Waals surface area contributed by atoms with E-state index < -0.39 is 8.07 Å². The fourth-order valence-electron chi connectivity index (χ4n) is 3.80. The normalized spacial score (nSPS) is 20.5. The molecule has 0 radical (unpaired) electrons. The number of aliphatic hydroxyl groups excluding tert-OH is 1. The molecule has 0 amide bonds. The number of hydrogen-bond donors (Lipinski definition) is 1. The van der Waals surface area contributed by atoms with Crippen molar-refractivity contribution in [1.29, 1.82) is 0 Å². The van der Waals surface area contributed by atoms with Crippen LogP contribution in [0.2, 0.25) is 12.6 Å². The zero-order chi connectivity index (χ0) is 16.3. The second-order valence-electron chi connectivity index (χ2n) is 6.78. The van der Waals surface area contributed by atoms with Gasteiger partial charge in [0.25, 0.3) is 0 Å². The summed E-state index contributed by atoms with van der Waals surface area (Å²) in [6.45, 7) is 3.59. The van der Waals surface area contributed by atoms with Gasteiger partial charge in [0.1, 0.15) is 0 Å². The van der Waals surface area contributed by atoms with Gasteiger partial charge < -0.3 is 0 Å². The van der Waals surface area contributed by atoms with Crippen molar-refractivity contribution in [3.8, 4) is 0 Å². The van der Waals surface area contributed by atoms with Gasteiger partial charge in [-0.05, 0) is 0 Å². The Morgan fingerprint density at radius 2 is 1.61 bits per heavy atom. The Labute approximate surface area is 156 Å². The number of benzene rings is 2. The molecule has 1 N–H and O–H groups in total. The molecule has 2 aromatic carbocycles. The Balaban J connectivity index is 1.93. The summed E-state index contributed by atoms with van der Waals surface area (Å²) >= 11 is 0.837. The van der Waals surface area contributed by atoms with Crippen LogP contribution < -0.4 is 10.4 Å². The van der Waals surface area contributed by atoms with E-state index in [0.29, 0.717) is 6.04 Å². The van der Waals surface area contributed by atoms with Crippen molar-refractivity contribution in [3.05, 3.63) is 60.7 Å². The van der Waals surface area contributed by atoms with Crippen LogP contribution in [0.25, 0.3) is 0 Å². The van der Waals surface area contributed by atoms with Crippen LogP contribution in [0.5, 0.6) is 0 Å². The van der Waals surface area contributed by atoms with E-state index in [2.05, 4.69) is 69.9 Å². The molecular weight excluding hydrogens is 491 g/mol. The van der Waals surface area contributed by atoms with Gasteiger partial charge in [-0.15, -0.1) is 0 Å². The quantitative estimate of drug-likeness (QED) is 0.615. The Morgan fingerprint density at radius 3 is 2.04 bits per heavy atom. The summed E-state index contributed by atoms with van der Waals surface area (Å²) in [6.07, 6.45) is 2.19. The van der Waals surface area contributed by atoms with Crippen LogP contribution in [0.3, 0.4) is 0 Å². The summed E-state index contributed by atoms with van der Waals surface area (Å²) in [5, 5.41) is 13.8. The van der Waals surface area contributed by atoms with Gasteiger partial charge in [0.15, 0.2) is 0 Å². The van der Waals surface area contributed by atoms with Crippen molar-refractivity contribution >= 4 is 44.5 Å². The molecule has 0 unspecified atom stereocenters. The third-order valence-electron chi connectivity index (χ3n) is 5.23. The topological polar surface area (TPSA) is 23.5 Å². The second kappa shape index (κ2) is 7.59. The maximum absolute atomic E-state index is 11.0. The average Bonchev–Trinajstić information content (AvgIpc) is 3.02. The van der Waals surface area contributed by atoms with Crippen molar-refractivity contribution in [2.75, 3.05) is 6.54 Å². The Hall–Kier alpha value is -0.501. The van der Waals surface area contributed by atoms with Crippen LogP contribution in [-0.2, 0) is 0 Å². The van der Waals surface area contributed by atoms with Crippen molar-refractivity contribution in [3.63, 3.8) is 0 Å². The summed E-state index contributed by atoms with van der Waals surface area (Å²) in [5.74, 6) is 0. The molecule has 0 aliphatic carbocycles. The zero-order valence-corrected chi connectivity index (χ0v) is 19.2. The molecule has 118 valence electrons. The van der Waals surface area contributed by atoms with Crippen molar-refractivity contribution in [2.45, 2.75) is 37.6 Å². The Bertz CT molecular complexity index is 582. The van der Waals surface area contributed by atoms with Crippen molar-refractivity contribution in [2.24, 2.45) is 0 Å². The fourth-order valence-corrected chi connectivity index (χ4v) is 9.63. The van der Waals surface area contributed by atoms with Crippen LogP contribution in [0.4, 0.5) is 0 Å². The number of aliphatic hydroxyl groups is 1. The van der Waals surface area contributed by atoms with Gasteiger partial charge in [-0.3, -0.25) is 0 Å². The average molecular weight is 515 g/mol. The Kier molecular flexibility index (Phi) is 5.72. The first-order chi connectivity index (χ1) is 11.1. The monoisotopic (exact) mass is 515 g/mol. The number of nitrogens with zero attached hydrogens (tertiary/aromatic N) is 1. The summed E-state index contributed by atoms with van der Waals surface area (Å²) in [6, 6.07) is 23.0. The third kappa shape index (κ3) is 3.78. The maximum atomic E-state index is 11.0. The molecule has 23 heavy (non-hydrogen) atoms. The van der Waals surface area contributed by atoms with Crippen LogP contribution in [0.1, 0.15) is 12.8 Å². The first kappa shape index (κ1) is 17.3. The van der Waals surface area contributed by atoms with E-state index in [-0.39, 0.29) is 6.10 Å². The molecule has 4 heteroatoms. The molecule has 0 aromatic heterocycles. The number of hydrogen-bond acceptors (Lipinski definition) is 2. The van der Waals surface area contributed by atoms with Crippen molar-refractivity contribution < 1.29 is 5.11 Å². The van der Waals surface area contributed by atoms with E-state index in [1.54, 1.807) is 0 Å². The molecule has 3 rings (SSSR count). The van der Waals surface area contributed by atoms with Gasteiger partial charge in [-0.2, -0.15) is 0 Å². The van der Waals surface area contributed by atoms with Crippen LogP contribution in [0.15, 0.2) is 60.7 Å². The Morgan fingerprint density at radius 1 is 1.09 bits per heavy atom. The predicted molar refractivity (Wildman–Crippen MR) is 100 cm³/mol. The predicted octanol–water partition coefficient (Wildman–Crippen LogP) is 1.79. The van der Waals surface area contributed by atoms with E-state index in [4.69, 9.17) is 0 Å². The summed E-state index contributed by atoms with van der Waals surface area (Å²) < 4.78 is 2.50. The minimum atomic E-state index is -1.92. The fraction of sp³-hybridized carbons (Fsp3) is 0.368. The molecule has 1 saturated heterocycles. The third-order valence-corrected chi connectivity index (χ3v) is 12.2. The molecule has 1 fully saturated rings. The van der Waals surface area contributed by atoms with E-state index in [0.717, 1.165) is 38.5 Å². The molecule has 2 atom stereocenters. The molecule has 1 heterocycles. The standard InChI is InChI=1S/C19H24NOSi.Tl/c1-22(16-9-4-2-5-10-16,17-11-6-3-7-12-17)15-19(21)18-13-8-14-20-18;/h2-7,9-12,18-19,21H,8,13-15H2,1H3;/q-1;+1/t18-,19+;/m0./s1. The number of rotatable bonds is 5. The van der Waals surface area contributed by atoms with Crippen LogP contribution in [0, 0.1) is 0 Å². The van der Waals surface area contributed by atoms with Gasteiger partial charge >= 0.3 is 157 Å². The molecule has 0 saturated carbocycles. The molecule has 1 aliphatic rings. The summed E-state index contributed by atoms with van der Waals surface area (Å²) in [5.41, 5.74) is 0. The first-order valence-corrected chi connectivity index (χ1v) is 13.1. The molecule has 1 aliphatic heterocycles. The van der Waals surface area contributed by atoms with Gasteiger partial charge in [0.2, 0.25) is 0 Å². The summed E-state index contributed by atoms with van der Waals surface area (Å²) in [7, 11) is -1.92. The first-order valence-electron chi connectivity index (χ1n) is 8.42. The van der Waals surface area contributed by atoms with Gasteiger partial charge in [-0.25, -0.2) is 0 Å². The molecule has 0 spiro atoms. The van der Waals surface area contributed by atoms with Gasteiger partial charge in [0.05, 0.1) is 0 Å². The molecule has 2 aromatic rings.